The quantitative estimate of drug-likeness (QED) is 0.0617. The highest BCUT2D eigenvalue weighted by Gasteiger charge is 2.17. The average molecular weight is 791 g/mol. The molecule has 0 aromatic heterocycles. The molecule has 300 valence electrons. The number of unbranched alkanes of at least 4 members (excludes halogenated alkanes) is 1. The van der Waals surface area contributed by atoms with Crippen LogP contribution in [0.2, 0.25) is 0 Å². The molecule has 2 nitrogen and oxygen atoms in total. The van der Waals surface area contributed by atoms with Gasteiger partial charge in [-0.3, -0.25) is 0 Å². The van der Waals surface area contributed by atoms with Crippen LogP contribution in [0.15, 0.2) is 231 Å². The molecule has 0 unspecified atom stereocenters. The van der Waals surface area contributed by atoms with Gasteiger partial charge in [0.05, 0.1) is 0 Å². The van der Waals surface area contributed by atoms with Crippen molar-refractivity contribution in [1.82, 2.24) is 0 Å². The van der Waals surface area contributed by atoms with E-state index in [-0.39, 0.29) is 0 Å². The lowest BCUT2D eigenvalue weighted by atomic mass is 9.86. The highest BCUT2D eigenvalue weighted by atomic mass is 14.6. The van der Waals surface area contributed by atoms with Gasteiger partial charge in [-0.1, -0.05) is 213 Å². The molecule has 0 aliphatic carbocycles. The molecule has 0 atom stereocenters. The van der Waals surface area contributed by atoms with Crippen LogP contribution in [0.5, 0.6) is 0 Å². The van der Waals surface area contributed by atoms with Crippen LogP contribution in [0.25, 0.3) is 66.0 Å². The molecule has 0 aliphatic heterocycles. The van der Waals surface area contributed by atoms with Gasteiger partial charge in [0.1, 0.15) is 0 Å². The van der Waals surface area contributed by atoms with Crippen LogP contribution >= 0.6 is 0 Å². The van der Waals surface area contributed by atoms with Gasteiger partial charge in [-0.25, -0.2) is 0 Å². The van der Waals surface area contributed by atoms with Gasteiger partial charge < -0.3 is 11.5 Å². The van der Waals surface area contributed by atoms with Crippen LogP contribution in [0.4, 0.5) is 0 Å². The summed E-state index contributed by atoms with van der Waals surface area (Å²) in [5.74, 6) is 0. The Balaban J connectivity index is 1.22. The molecule has 7 aromatic carbocycles. The maximum absolute atomic E-state index is 7.09. The molecule has 2 heteroatoms. The lowest BCUT2D eigenvalue weighted by Crippen LogP contribution is -2.01. The summed E-state index contributed by atoms with van der Waals surface area (Å²) in [6, 6.07) is 51.1. The fourth-order valence-electron chi connectivity index (χ4n) is 7.76. The monoisotopic (exact) mass is 790 g/mol. The molecule has 0 saturated carbocycles. The Labute approximate surface area is 362 Å². The van der Waals surface area contributed by atoms with Gasteiger partial charge in [-0.15, -0.1) is 0 Å². The minimum Gasteiger partial charge on any atom is -0.398 e. The fraction of sp³-hybridized carbons (Fsp3) is 0.0847. The van der Waals surface area contributed by atoms with Gasteiger partial charge in [0.2, 0.25) is 0 Å². The first-order chi connectivity index (χ1) is 29.9. The van der Waals surface area contributed by atoms with Crippen LogP contribution < -0.4 is 11.5 Å². The summed E-state index contributed by atoms with van der Waals surface area (Å²) >= 11 is 0. The van der Waals surface area contributed by atoms with E-state index in [1.807, 2.05) is 48.6 Å². The summed E-state index contributed by atoms with van der Waals surface area (Å²) in [5, 5.41) is 6.86. The molecular weight excluding hydrogens is 737 g/mol. The first-order valence-corrected chi connectivity index (χ1v) is 21.2. The van der Waals surface area contributed by atoms with Crippen molar-refractivity contribution in [2.24, 2.45) is 11.5 Å². The molecule has 7 rings (SSSR count). The molecule has 0 aliphatic rings. The summed E-state index contributed by atoms with van der Waals surface area (Å²) in [6.07, 6.45) is 28.1. The van der Waals surface area contributed by atoms with Crippen LogP contribution in [0.1, 0.15) is 55.4 Å². The lowest BCUT2D eigenvalue weighted by molar-refractivity contribution is 1.05. The number of benzene rings is 7. The largest absolute Gasteiger partial charge is 0.398 e. The number of fused-ring (bicyclic) bond motifs is 3. The van der Waals surface area contributed by atoms with Crippen molar-refractivity contribution in [3.05, 3.63) is 253 Å². The molecule has 4 N–H and O–H groups in total. The standard InChI is InChI=1S/C59H54N2/c1-4-22-45(46-26-11-8-12-27-46)32-20-23-43(2)24-21-36-57(61)59-53-34-19-18-33-52(53)58(44(3)25-10-6-5-7-15-35-56(60)48-29-13-9-14-30-48)55-42-51(39-40-54(55)59)50-38-37-47-28-16-17-31-49(47)41-50/h7-42H,3-6,60-61H2,1-2H3/b15-7-,24-21+,25-10-,32-20-,43-23+,45-22-,56-35-,57-36-. The zero-order valence-corrected chi connectivity index (χ0v) is 35.3. The third-order valence-corrected chi connectivity index (χ3v) is 10.9. The highest BCUT2D eigenvalue weighted by Crippen LogP contribution is 2.41. The molecule has 7 aromatic rings. The Morgan fingerprint density at radius 3 is 1.85 bits per heavy atom. The Hall–Kier alpha value is -7.42. The Bertz CT molecular complexity index is 2910. The Kier molecular flexibility index (Phi) is 14.0. The van der Waals surface area contributed by atoms with Crippen LogP contribution in [0.3, 0.4) is 0 Å². The summed E-state index contributed by atoms with van der Waals surface area (Å²) in [5.41, 5.74) is 24.8. The zero-order valence-electron chi connectivity index (χ0n) is 35.3. The first kappa shape index (κ1) is 41.7. The zero-order chi connectivity index (χ0) is 42.4. The van der Waals surface area contributed by atoms with Gasteiger partial charge >= 0.3 is 0 Å². The lowest BCUT2D eigenvalue weighted by Gasteiger charge is -2.19. The number of rotatable bonds is 15. The molecule has 0 fully saturated rings. The highest BCUT2D eigenvalue weighted by molar-refractivity contribution is 6.17. The SMILES string of the molecule is C=C(/C=C\CC/C=C\C=C(/N)c1ccccc1)c1c2ccccc2c(/C(N)=C/C=C/C(C)=C/C=C\C(=C\CC)c2ccccc2)c2ccc(-c3ccc4ccccc4c3)cc12. The molecule has 0 bridgehead atoms. The van der Waals surface area contributed by atoms with E-state index in [1.165, 1.54) is 27.5 Å². The second-order valence-electron chi connectivity index (χ2n) is 15.2. The summed E-state index contributed by atoms with van der Waals surface area (Å²) < 4.78 is 0. The van der Waals surface area contributed by atoms with Crippen molar-refractivity contribution in [2.45, 2.75) is 33.1 Å². The third kappa shape index (κ3) is 10.4. The second-order valence-corrected chi connectivity index (χ2v) is 15.2. The number of hydrogen-bond donors (Lipinski definition) is 2. The predicted octanol–water partition coefficient (Wildman–Crippen LogP) is 15.6. The smallest absolute Gasteiger partial charge is 0.0400 e. The summed E-state index contributed by atoms with van der Waals surface area (Å²) in [7, 11) is 0. The summed E-state index contributed by atoms with van der Waals surface area (Å²) in [4.78, 5) is 0. The second kappa shape index (κ2) is 20.5. The molecule has 0 heterocycles. The fourth-order valence-corrected chi connectivity index (χ4v) is 7.76. The van der Waals surface area contributed by atoms with Crippen LogP contribution in [-0.2, 0) is 0 Å². The van der Waals surface area contributed by atoms with E-state index in [0.29, 0.717) is 5.70 Å². The normalized spacial score (nSPS) is 13.3. The van der Waals surface area contributed by atoms with Gasteiger partial charge in [-0.05, 0) is 122 Å². The minimum absolute atomic E-state index is 0.706. The van der Waals surface area contributed by atoms with Crippen molar-refractivity contribution in [3.63, 3.8) is 0 Å². The molecule has 61 heavy (non-hydrogen) atoms. The van der Waals surface area contributed by atoms with Crippen LogP contribution in [-0.4, -0.2) is 0 Å². The maximum Gasteiger partial charge on any atom is 0.0400 e. The minimum atomic E-state index is 0.706. The maximum atomic E-state index is 7.09. The van der Waals surface area contributed by atoms with Crippen molar-refractivity contribution in [1.29, 1.82) is 0 Å². The molecule has 0 radical (unpaired) electrons. The number of allylic oxidation sites excluding steroid dienone is 15. The van der Waals surface area contributed by atoms with E-state index in [9.17, 15) is 0 Å². The van der Waals surface area contributed by atoms with Crippen molar-refractivity contribution in [2.75, 3.05) is 0 Å². The number of hydrogen-bond acceptors (Lipinski definition) is 2. The van der Waals surface area contributed by atoms with Crippen molar-refractivity contribution < 1.29 is 0 Å². The van der Waals surface area contributed by atoms with E-state index in [1.54, 1.807) is 0 Å². The van der Waals surface area contributed by atoms with Gasteiger partial charge in [0.25, 0.3) is 0 Å². The summed E-state index contributed by atoms with van der Waals surface area (Å²) in [6.45, 7) is 8.94. The van der Waals surface area contributed by atoms with Crippen LogP contribution in [0, 0.1) is 0 Å². The van der Waals surface area contributed by atoms with Crippen molar-refractivity contribution >= 4 is 54.9 Å². The van der Waals surface area contributed by atoms with E-state index in [4.69, 9.17) is 11.5 Å². The Morgan fingerprint density at radius 2 is 1.10 bits per heavy atom. The Morgan fingerprint density at radius 1 is 0.508 bits per heavy atom. The average Bonchev–Trinajstić information content (AvgIpc) is 3.30. The molecule has 0 amide bonds. The molecule has 0 spiro atoms. The third-order valence-electron chi connectivity index (χ3n) is 10.9. The van der Waals surface area contributed by atoms with E-state index < -0.39 is 0 Å². The number of nitrogens with two attached hydrogens (primary N) is 2. The van der Waals surface area contributed by atoms with Gasteiger partial charge in [-0.2, -0.15) is 0 Å². The first-order valence-electron chi connectivity index (χ1n) is 21.2. The van der Waals surface area contributed by atoms with Gasteiger partial charge in [0, 0.05) is 17.0 Å². The predicted molar refractivity (Wildman–Crippen MR) is 268 cm³/mol. The topological polar surface area (TPSA) is 52.0 Å². The van der Waals surface area contributed by atoms with E-state index in [2.05, 4.69) is 190 Å². The van der Waals surface area contributed by atoms with Gasteiger partial charge in [0.15, 0.2) is 0 Å². The van der Waals surface area contributed by atoms with Crippen molar-refractivity contribution in [3.8, 4) is 11.1 Å². The molecular formula is C59H54N2. The van der Waals surface area contributed by atoms with E-state index in [0.717, 1.165) is 79.9 Å². The molecule has 0 saturated heterocycles. The van der Waals surface area contributed by atoms with E-state index >= 15 is 0 Å².